The van der Waals surface area contributed by atoms with E-state index in [1.165, 1.54) is 27.8 Å². The molecule has 1 aromatic heterocycles. The summed E-state index contributed by atoms with van der Waals surface area (Å²) in [6.45, 7) is 0.980. The van der Waals surface area contributed by atoms with Crippen molar-refractivity contribution >= 4 is 21.4 Å². The van der Waals surface area contributed by atoms with Crippen LogP contribution in [0.5, 0.6) is 5.75 Å². The molecular formula is C14H17NOS. The predicted octanol–water partition coefficient (Wildman–Crippen LogP) is 3.51. The molecule has 1 N–H and O–H groups in total. The molecule has 0 atom stereocenters. The molecule has 0 saturated heterocycles. The maximum atomic E-state index is 5.34. The Bertz CT molecular complexity index is 542. The first-order chi connectivity index (χ1) is 8.33. The summed E-state index contributed by atoms with van der Waals surface area (Å²) in [4.78, 5) is 1.50. The van der Waals surface area contributed by atoms with Crippen LogP contribution in [0.1, 0.15) is 29.2 Å². The van der Waals surface area contributed by atoms with Crippen LogP contribution in [0.15, 0.2) is 18.2 Å². The van der Waals surface area contributed by atoms with Gasteiger partial charge < -0.3 is 10.1 Å². The number of ether oxygens (including phenoxy) is 1. The number of thiophene rings is 1. The highest BCUT2D eigenvalue weighted by atomic mass is 32.1. The Kier molecular flexibility index (Phi) is 2.81. The fourth-order valence-electron chi connectivity index (χ4n) is 2.38. The molecule has 0 spiro atoms. The molecule has 1 aromatic carbocycles. The molecule has 0 radical (unpaired) electrons. The van der Waals surface area contributed by atoms with E-state index in [1.54, 1.807) is 12.7 Å². The molecular weight excluding hydrogens is 230 g/mol. The van der Waals surface area contributed by atoms with Crippen molar-refractivity contribution in [2.75, 3.05) is 14.2 Å². The van der Waals surface area contributed by atoms with Crippen LogP contribution >= 0.6 is 11.3 Å². The van der Waals surface area contributed by atoms with Gasteiger partial charge in [-0.05, 0) is 55.0 Å². The van der Waals surface area contributed by atoms with Gasteiger partial charge in [-0.3, -0.25) is 0 Å². The summed E-state index contributed by atoms with van der Waals surface area (Å²) in [5.74, 6) is 1.76. The first-order valence-electron chi connectivity index (χ1n) is 6.07. The summed E-state index contributed by atoms with van der Waals surface area (Å²) in [6, 6.07) is 6.43. The molecule has 3 rings (SSSR count). The largest absolute Gasteiger partial charge is 0.497 e. The van der Waals surface area contributed by atoms with Crippen LogP contribution in [0.25, 0.3) is 10.1 Å². The Labute approximate surface area is 106 Å². The minimum absolute atomic E-state index is 0.791. The summed E-state index contributed by atoms with van der Waals surface area (Å²) in [5, 5.41) is 4.68. The van der Waals surface area contributed by atoms with E-state index in [-0.39, 0.29) is 0 Å². The van der Waals surface area contributed by atoms with E-state index >= 15 is 0 Å². The van der Waals surface area contributed by atoms with E-state index in [4.69, 9.17) is 4.74 Å². The van der Waals surface area contributed by atoms with Gasteiger partial charge in [0.25, 0.3) is 0 Å². The van der Waals surface area contributed by atoms with Crippen LogP contribution in [0, 0.1) is 0 Å². The standard InChI is InChI=1S/C14H17NOS/c1-15-8-13-14(9-3-4-9)11-7-10(16-2)5-6-12(11)17-13/h5-7,9,15H,3-4,8H2,1-2H3. The average molecular weight is 247 g/mol. The minimum Gasteiger partial charge on any atom is -0.497 e. The maximum absolute atomic E-state index is 5.34. The highest BCUT2D eigenvalue weighted by molar-refractivity contribution is 7.19. The number of hydrogen-bond acceptors (Lipinski definition) is 3. The van der Waals surface area contributed by atoms with Gasteiger partial charge in [-0.1, -0.05) is 0 Å². The molecule has 0 bridgehead atoms. The highest BCUT2D eigenvalue weighted by Gasteiger charge is 2.29. The number of hydrogen-bond donors (Lipinski definition) is 1. The van der Waals surface area contributed by atoms with Crippen LogP contribution in [-0.4, -0.2) is 14.2 Å². The molecule has 0 unspecified atom stereocenters. The van der Waals surface area contributed by atoms with Gasteiger partial charge in [0.2, 0.25) is 0 Å². The number of benzene rings is 1. The second-order valence-corrected chi connectivity index (χ2v) is 5.74. The van der Waals surface area contributed by atoms with E-state index < -0.39 is 0 Å². The lowest BCUT2D eigenvalue weighted by Crippen LogP contribution is -2.04. The molecule has 0 amide bonds. The Morgan fingerprint density at radius 1 is 1.41 bits per heavy atom. The molecule has 3 heteroatoms. The molecule has 90 valence electrons. The van der Waals surface area contributed by atoms with Crippen molar-refractivity contribution in [2.24, 2.45) is 0 Å². The molecule has 1 fully saturated rings. The van der Waals surface area contributed by atoms with E-state index in [0.717, 1.165) is 18.2 Å². The molecule has 2 aromatic rings. The molecule has 17 heavy (non-hydrogen) atoms. The highest BCUT2D eigenvalue weighted by Crippen LogP contribution is 2.48. The van der Waals surface area contributed by atoms with Gasteiger partial charge in [0.1, 0.15) is 5.75 Å². The molecule has 1 saturated carbocycles. The van der Waals surface area contributed by atoms with Gasteiger partial charge >= 0.3 is 0 Å². The lowest BCUT2D eigenvalue weighted by atomic mass is 10.1. The molecule has 1 aliphatic carbocycles. The molecule has 1 aliphatic rings. The molecule has 0 aliphatic heterocycles. The van der Waals surface area contributed by atoms with Gasteiger partial charge in [-0.15, -0.1) is 11.3 Å². The second-order valence-electron chi connectivity index (χ2n) is 4.61. The van der Waals surface area contributed by atoms with Gasteiger partial charge in [0.15, 0.2) is 0 Å². The van der Waals surface area contributed by atoms with Gasteiger partial charge in [0, 0.05) is 16.1 Å². The van der Waals surface area contributed by atoms with Crippen LogP contribution in [-0.2, 0) is 6.54 Å². The van der Waals surface area contributed by atoms with Gasteiger partial charge in [-0.25, -0.2) is 0 Å². The Morgan fingerprint density at radius 3 is 2.88 bits per heavy atom. The van der Waals surface area contributed by atoms with Crippen molar-refractivity contribution in [3.63, 3.8) is 0 Å². The maximum Gasteiger partial charge on any atom is 0.119 e. The second kappa shape index (κ2) is 4.31. The summed E-state index contributed by atoms with van der Waals surface area (Å²) < 4.78 is 6.72. The van der Waals surface area contributed by atoms with Crippen LogP contribution in [0.3, 0.4) is 0 Å². The van der Waals surface area contributed by atoms with E-state index in [1.807, 2.05) is 18.4 Å². The Balaban J connectivity index is 2.17. The normalized spacial score (nSPS) is 15.4. The minimum atomic E-state index is 0.791. The van der Waals surface area contributed by atoms with E-state index in [9.17, 15) is 0 Å². The Hall–Kier alpha value is -1.06. The van der Waals surface area contributed by atoms with E-state index in [2.05, 4.69) is 23.5 Å². The number of methoxy groups -OCH3 is 1. The average Bonchev–Trinajstić information content (AvgIpc) is 3.11. The fraction of sp³-hybridized carbons (Fsp3) is 0.429. The third kappa shape index (κ3) is 1.94. The zero-order valence-corrected chi connectivity index (χ0v) is 11.1. The predicted molar refractivity (Wildman–Crippen MR) is 73.1 cm³/mol. The van der Waals surface area contributed by atoms with Crippen LogP contribution in [0.2, 0.25) is 0 Å². The van der Waals surface area contributed by atoms with Crippen molar-refractivity contribution in [3.05, 3.63) is 28.6 Å². The van der Waals surface area contributed by atoms with Crippen molar-refractivity contribution in [2.45, 2.75) is 25.3 Å². The van der Waals surface area contributed by atoms with Gasteiger partial charge in [-0.2, -0.15) is 0 Å². The van der Waals surface area contributed by atoms with Crippen molar-refractivity contribution < 1.29 is 4.74 Å². The zero-order valence-electron chi connectivity index (χ0n) is 10.2. The summed E-state index contributed by atoms with van der Waals surface area (Å²) in [5.41, 5.74) is 1.57. The number of rotatable bonds is 4. The molecule has 1 heterocycles. The first-order valence-corrected chi connectivity index (χ1v) is 6.89. The summed E-state index contributed by atoms with van der Waals surface area (Å²) >= 11 is 1.92. The summed E-state index contributed by atoms with van der Waals surface area (Å²) in [7, 11) is 3.75. The van der Waals surface area contributed by atoms with Crippen molar-refractivity contribution in [3.8, 4) is 5.75 Å². The summed E-state index contributed by atoms with van der Waals surface area (Å²) in [6.07, 6.45) is 2.69. The third-order valence-corrected chi connectivity index (χ3v) is 4.52. The van der Waals surface area contributed by atoms with Crippen LogP contribution in [0.4, 0.5) is 0 Å². The lowest BCUT2D eigenvalue weighted by Gasteiger charge is -2.03. The smallest absolute Gasteiger partial charge is 0.119 e. The number of fused-ring (bicyclic) bond motifs is 1. The SMILES string of the molecule is CNCc1sc2ccc(OC)cc2c1C1CC1. The third-order valence-electron chi connectivity index (χ3n) is 3.33. The zero-order chi connectivity index (χ0) is 11.8. The van der Waals surface area contributed by atoms with E-state index in [0.29, 0.717) is 0 Å². The van der Waals surface area contributed by atoms with Crippen molar-refractivity contribution in [1.82, 2.24) is 5.32 Å². The molecule has 2 nitrogen and oxygen atoms in total. The van der Waals surface area contributed by atoms with Gasteiger partial charge in [0.05, 0.1) is 7.11 Å². The number of nitrogens with one attached hydrogen (secondary N) is 1. The topological polar surface area (TPSA) is 21.3 Å². The quantitative estimate of drug-likeness (QED) is 0.892. The Morgan fingerprint density at radius 2 is 2.24 bits per heavy atom. The lowest BCUT2D eigenvalue weighted by molar-refractivity contribution is 0.415. The fourth-order valence-corrected chi connectivity index (χ4v) is 3.67. The first kappa shape index (κ1) is 11.1. The van der Waals surface area contributed by atoms with Crippen molar-refractivity contribution in [1.29, 1.82) is 0 Å². The van der Waals surface area contributed by atoms with Crippen LogP contribution < -0.4 is 10.1 Å². The monoisotopic (exact) mass is 247 g/mol.